The van der Waals surface area contributed by atoms with E-state index in [9.17, 15) is 23.7 Å². The summed E-state index contributed by atoms with van der Waals surface area (Å²) < 4.78 is 46.3. The maximum atomic E-state index is 13.1. The van der Waals surface area contributed by atoms with E-state index in [4.69, 9.17) is 21.8 Å². The van der Waals surface area contributed by atoms with E-state index in [0.717, 1.165) is 18.2 Å². The summed E-state index contributed by atoms with van der Waals surface area (Å²) in [5, 5.41) is 23.7. The molecule has 0 aliphatic carbocycles. The number of allylic oxidation sites excluding steroid dienone is 1. The third kappa shape index (κ3) is 4.25. The lowest BCUT2D eigenvalue weighted by Gasteiger charge is -2.09. The highest BCUT2D eigenvalue weighted by molar-refractivity contribution is 6.33. The van der Waals surface area contributed by atoms with Crippen molar-refractivity contribution in [3.63, 3.8) is 0 Å². The minimum atomic E-state index is -4.55. The smallest absolute Gasteiger partial charge is 0.416 e. The summed E-state index contributed by atoms with van der Waals surface area (Å²) in [5.41, 5.74) is 5.88. The van der Waals surface area contributed by atoms with Crippen molar-refractivity contribution in [3.8, 4) is 29.1 Å². The molecule has 2 heterocycles. The Morgan fingerprint density at radius 3 is 2.47 bits per heavy atom. The van der Waals surface area contributed by atoms with E-state index < -0.39 is 11.7 Å². The summed E-state index contributed by atoms with van der Waals surface area (Å²) >= 11 is 6.08. The summed E-state index contributed by atoms with van der Waals surface area (Å²) in [5.74, 6) is 0.284. The molecule has 0 radical (unpaired) electrons. The van der Waals surface area contributed by atoms with E-state index in [2.05, 4.69) is 5.10 Å². The highest BCUT2D eigenvalue weighted by atomic mass is 35.5. The maximum absolute atomic E-state index is 13.1. The number of hydrogen-bond acceptors (Lipinski definition) is 5. The van der Waals surface area contributed by atoms with Gasteiger partial charge >= 0.3 is 6.18 Å². The van der Waals surface area contributed by atoms with Crippen LogP contribution in [0, 0.1) is 22.7 Å². The molecule has 0 aliphatic heterocycles. The van der Waals surface area contributed by atoms with Gasteiger partial charge in [-0.2, -0.15) is 28.8 Å². The van der Waals surface area contributed by atoms with Crippen molar-refractivity contribution >= 4 is 29.1 Å². The van der Waals surface area contributed by atoms with Gasteiger partial charge in [0.05, 0.1) is 21.8 Å². The maximum Gasteiger partial charge on any atom is 0.416 e. The summed E-state index contributed by atoms with van der Waals surface area (Å²) in [6.45, 7) is 0. The van der Waals surface area contributed by atoms with Gasteiger partial charge in [0.1, 0.15) is 40.7 Å². The van der Waals surface area contributed by atoms with Gasteiger partial charge in [0.15, 0.2) is 0 Å². The van der Waals surface area contributed by atoms with Crippen LogP contribution in [0.3, 0.4) is 0 Å². The normalized spacial score (nSPS) is 11.8. The lowest BCUT2D eigenvalue weighted by atomic mass is 10.1. The first-order valence-corrected chi connectivity index (χ1v) is 10.0. The monoisotopic (exact) mass is 479 g/mol. The SMILES string of the molecule is N#C/C(=C\c1ccc(-c2cc(C(F)(F)F)ccc2Cl)o1)c1nn(-c2ccccc2)c(N)c1C#N. The molecule has 0 saturated carbocycles. The third-order valence-corrected chi connectivity index (χ3v) is 5.21. The highest BCUT2D eigenvalue weighted by Gasteiger charge is 2.31. The Labute approximate surface area is 196 Å². The first-order valence-electron chi connectivity index (χ1n) is 9.66. The van der Waals surface area contributed by atoms with Crippen LogP contribution in [-0.4, -0.2) is 9.78 Å². The Morgan fingerprint density at radius 1 is 1.09 bits per heavy atom. The summed E-state index contributed by atoms with van der Waals surface area (Å²) in [6.07, 6.45) is -3.23. The topological polar surface area (TPSA) is 105 Å². The molecule has 2 aromatic carbocycles. The number of halogens is 4. The summed E-state index contributed by atoms with van der Waals surface area (Å²) in [6, 6.07) is 18.5. The molecule has 0 unspecified atom stereocenters. The molecule has 0 saturated heterocycles. The van der Waals surface area contributed by atoms with Crippen LogP contribution in [0.15, 0.2) is 65.1 Å². The molecule has 0 amide bonds. The predicted octanol–water partition coefficient (Wildman–Crippen LogP) is 6.32. The molecule has 2 N–H and O–H groups in total. The van der Waals surface area contributed by atoms with Crippen molar-refractivity contribution in [2.24, 2.45) is 0 Å². The number of nitriles is 2. The number of alkyl halides is 3. The molecule has 4 aromatic rings. The van der Waals surface area contributed by atoms with Crippen molar-refractivity contribution in [2.75, 3.05) is 5.73 Å². The summed E-state index contributed by atoms with van der Waals surface area (Å²) in [4.78, 5) is 0. The molecule has 0 fully saturated rings. The second-order valence-corrected chi connectivity index (χ2v) is 7.44. The van der Waals surface area contributed by atoms with Crippen molar-refractivity contribution in [3.05, 3.63) is 88.3 Å². The molecule has 34 heavy (non-hydrogen) atoms. The molecule has 168 valence electrons. The minimum absolute atomic E-state index is 0.00403. The summed E-state index contributed by atoms with van der Waals surface area (Å²) in [7, 11) is 0. The van der Waals surface area contributed by atoms with Gasteiger partial charge in [0.25, 0.3) is 0 Å². The standard InChI is InChI=1S/C24H13ClF3N5O/c25-20-8-6-15(24(26,27)28)11-18(20)21-9-7-17(34-21)10-14(12-29)22-19(13-30)23(31)33(32-22)16-4-2-1-3-5-16/h1-11H,31H2/b14-10+. The molecule has 2 aromatic heterocycles. The number of rotatable bonds is 4. The van der Waals surface area contributed by atoms with Crippen molar-refractivity contribution < 1.29 is 17.6 Å². The van der Waals surface area contributed by atoms with Gasteiger partial charge in [-0.3, -0.25) is 0 Å². The van der Waals surface area contributed by atoms with E-state index >= 15 is 0 Å². The lowest BCUT2D eigenvalue weighted by molar-refractivity contribution is -0.137. The zero-order chi connectivity index (χ0) is 24.5. The average molecular weight is 480 g/mol. The van der Waals surface area contributed by atoms with Crippen molar-refractivity contribution in [1.82, 2.24) is 9.78 Å². The Bertz CT molecular complexity index is 1490. The zero-order valence-corrected chi connectivity index (χ0v) is 17.9. The van der Waals surface area contributed by atoms with Crippen LogP contribution in [-0.2, 0) is 6.18 Å². The van der Waals surface area contributed by atoms with Gasteiger partial charge in [0.2, 0.25) is 0 Å². The van der Waals surface area contributed by atoms with E-state index in [0.29, 0.717) is 5.69 Å². The second-order valence-electron chi connectivity index (χ2n) is 7.03. The predicted molar refractivity (Wildman–Crippen MR) is 120 cm³/mol. The van der Waals surface area contributed by atoms with Gasteiger partial charge in [-0.05, 0) is 42.5 Å². The number of para-hydroxylation sites is 1. The number of nitrogens with two attached hydrogens (primary N) is 1. The highest BCUT2D eigenvalue weighted by Crippen LogP contribution is 2.37. The number of anilines is 1. The Balaban J connectivity index is 1.76. The Morgan fingerprint density at radius 2 is 1.82 bits per heavy atom. The minimum Gasteiger partial charge on any atom is -0.457 e. The largest absolute Gasteiger partial charge is 0.457 e. The van der Waals surface area contributed by atoms with E-state index in [1.165, 1.54) is 22.9 Å². The zero-order valence-electron chi connectivity index (χ0n) is 17.1. The van der Waals surface area contributed by atoms with E-state index in [1.807, 2.05) is 12.1 Å². The Kier molecular flexibility index (Phi) is 5.89. The number of hydrogen-bond donors (Lipinski definition) is 1. The van der Waals surface area contributed by atoms with Crippen molar-refractivity contribution in [2.45, 2.75) is 6.18 Å². The van der Waals surface area contributed by atoms with Gasteiger partial charge in [-0.1, -0.05) is 29.8 Å². The number of nitrogen functional groups attached to an aromatic ring is 1. The molecule has 0 aliphatic rings. The molecule has 10 heteroatoms. The number of nitrogens with zero attached hydrogens (tertiary/aromatic N) is 4. The number of benzene rings is 2. The quantitative estimate of drug-likeness (QED) is 0.345. The Hall–Kier alpha value is -4.47. The lowest BCUT2D eigenvalue weighted by Crippen LogP contribution is -2.04. The third-order valence-electron chi connectivity index (χ3n) is 4.88. The second kappa shape index (κ2) is 8.81. The van der Waals surface area contributed by atoms with Gasteiger partial charge in [0, 0.05) is 11.6 Å². The van der Waals surface area contributed by atoms with Crippen LogP contribution in [0.5, 0.6) is 0 Å². The number of aromatic nitrogens is 2. The van der Waals surface area contributed by atoms with Crippen molar-refractivity contribution in [1.29, 1.82) is 10.5 Å². The first-order chi connectivity index (χ1) is 16.2. The molecule has 0 atom stereocenters. The first kappa shape index (κ1) is 22.7. The molecular weight excluding hydrogens is 467 g/mol. The molecule has 0 bridgehead atoms. The molecule has 4 rings (SSSR count). The van der Waals surface area contributed by atoms with E-state index in [1.54, 1.807) is 30.3 Å². The van der Waals surface area contributed by atoms with Gasteiger partial charge < -0.3 is 10.2 Å². The van der Waals surface area contributed by atoms with Crippen LogP contribution in [0.1, 0.15) is 22.6 Å². The van der Waals surface area contributed by atoms with Crippen LogP contribution in [0.4, 0.5) is 19.0 Å². The van der Waals surface area contributed by atoms with E-state index in [-0.39, 0.29) is 44.8 Å². The fourth-order valence-corrected chi connectivity index (χ4v) is 3.47. The number of furan rings is 1. The fourth-order valence-electron chi connectivity index (χ4n) is 3.26. The van der Waals surface area contributed by atoms with Crippen LogP contribution >= 0.6 is 11.6 Å². The van der Waals surface area contributed by atoms with Crippen LogP contribution < -0.4 is 5.73 Å². The average Bonchev–Trinajstić information content (AvgIpc) is 3.41. The molecule has 6 nitrogen and oxygen atoms in total. The van der Waals surface area contributed by atoms with Gasteiger partial charge in [-0.25, -0.2) is 4.68 Å². The van der Waals surface area contributed by atoms with Gasteiger partial charge in [-0.15, -0.1) is 0 Å². The van der Waals surface area contributed by atoms with Crippen LogP contribution in [0.25, 0.3) is 28.7 Å². The molecule has 0 spiro atoms. The van der Waals surface area contributed by atoms with Crippen LogP contribution in [0.2, 0.25) is 5.02 Å². The fraction of sp³-hybridized carbons (Fsp3) is 0.0417. The molecular formula is C24H13ClF3N5O.